The number of epoxide rings is 1. The van der Waals surface area contributed by atoms with Crippen LogP contribution in [-0.2, 0) is 4.74 Å². The number of rotatable bonds is 2. The molecule has 1 fully saturated rings. The third kappa shape index (κ3) is 1.25. The fraction of sp³-hybridized carbons (Fsp3) is 1.00. The molecule has 2 nitrogen and oxygen atoms in total. The van der Waals surface area contributed by atoms with Crippen molar-refractivity contribution in [1.82, 2.24) is 0 Å². The first-order valence-electron chi connectivity index (χ1n) is 3.44. The minimum Gasteiger partial charge on any atom is -0.390 e. The van der Waals surface area contributed by atoms with E-state index in [0.29, 0.717) is 0 Å². The van der Waals surface area contributed by atoms with Crippen LogP contribution < -0.4 is 0 Å². The maximum absolute atomic E-state index is 9.21. The highest BCUT2D eigenvalue weighted by Crippen LogP contribution is 2.38. The van der Waals surface area contributed by atoms with Gasteiger partial charge in [0.2, 0.25) is 0 Å². The van der Waals surface area contributed by atoms with Crippen LogP contribution in [0.4, 0.5) is 0 Å². The molecular weight excluding hydrogens is 116 g/mol. The van der Waals surface area contributed by atoms with E-state index in [9.17, 15) is 5.11 Å². The zero-order valence-corrected chi connectivity index (χ0v) is 6.22. The Bertz CT molecular complexity index is 109. The van der Waals surface area contributed by atoms with Crippen LogP contribution in [0, 0.1) is 0 Å². The van der Waals surface area contributed by atoms with Crippen molar-refractivity contribution < 1.29 is 9.84 Å². The Hall–Kier alpha value is -0.0800. The molecule has 9 heavy (non-hydrogen) atoms. The number of aliphatic hydroxyl groups is 1. The van der Waals surface area contributed by atoms with Gasteiger partial charge in [-0.3, -0.25) is 0 Å². The van der Waals surface area contributed by atoms with Crippen molar-refractivity contribution in [3.05, 3.63) is 0 Å². The predicted molar refractivity (Wildman–Crippen MR) is 35.2 cm³/mol. The molecule has 0 radical (unpaired) electrons. The van der Waals surface area contributed by atoms with E-state index in [4.69, 9.17) is 4.74 Å². The average molecular weight is 130 g/mol. The second-order valence-corrected chi connectivity index (χ2v) is 3.12. The molecule has 0 aromatic carbocycles. The number of hydrogen-bond donors (Lipinski definition) is 1. The molecule has 0 aromatic rings. The van der Waals surface area contributed by atoms with Crippen molar-refractivity contribution in [3.63, 3.8) is 0 Å². The lowest BCUT2D eigenvalue weighted by molar-refractivity contribution is 0.131. The van der Waals surface area contributed by atoms with Gasteiger partial charge in [0, 0.05) is 0 Å². The zero-order valence-electron chi connectivity index (χ0n) is 6.22. The summed E-state index contributed by atoms with van der Waals surface area (Å²) >= 11 is 0. The van der Waals surface area contributed by atoms with Gasteiger partial charge >= 0.3 is 0 Å². The van der Waals surface area contributed by atoms with Crippen LogP contribution in [0.15, 0.2) is 0 Å². The Morgan fingerprint density at radius 3 is 2.22 bits per heavy atom. The van der Waals surface area contributed by atoms with Gasteiger partial charge in [-0.1, -0.05) is 6.92 Å². The number of hydrogen-bond acceptors (Lipinski definition) is 2. The van der Waals surface area contributed by atoms with Crippen LogP contribution in [0.1, 0.15) is 27.2 Å². The molecule has 0 aromatic heterocycles. The van der Waals surface area contributed by atoms with Crippen molar-refractivity contribution in [1.29, 1.82) is 0 Å². The van der Waals surface area contributed by atoms with E-state index in [1.807, 2.05) is 20.8 Å². The zero-order chi connectivity index (χ0) is 7.07. The molecule has 54 valence electrons. The molecule has 1 heterocycles. The summed E-state index contributed by atoms with van der Waals surface area (Å²) in [4.78, 5) is 0. The fourth-order valence-corrected chi connectivity index (χ4v) is 1.05. The van der Waals surface area contributed by atoms with E-state index in [2.05, 4.69) is 0 Å². The minimum absolute atomic E-state index is 0.0601. The molecule has 2 heteroatoms. The molecule has 0 bridgehead atoms. The molecule has 0 amide bonds. The van der Waals surface area contributed by atoms with Crippen molar-refractivity contribution >= 4 is 0 Å². The van der Waals surface area contributed by atoms with Gasteiger partial charge in [-0.2, -0.15) is 0 Å². The average Bonchev–Trinajstić information content (AvgIpc) is 2.38. The van der Waals surface area contributed by atoms with Gasteiger partial charge in [0.1, 0.15) is 6.10 Å². The predicted octanol–water partition coefficient (Wildman–Crippen LogP) is 0.935. The van der Waals surface area contributed by atoms with Gasteiger partial charge in [0.15, 0.2) is 0 Å². The lowest BCUT2D eigenvalue weighted by Crippen LogP contribution is -2.18. The first-order valence-corrected chi connectivity index (χ1v) is 3.44. The summed E-state index contributed by atoms with van der Waals surface area (Å²) in [5.74, 6) is 0. The lowest BCUT2D eigenvalue weighted by Gasteiger charge is -2.02. The molecule has 0 aliphatic carbocycles. The number of aliphatic hydroxyl groups excluding tert-OH is 1. The molecule has 1 N–H and O–H groups in total. The monoisotopic (exact) mass is 130 g/mol. The standard InChI is InChI=1S/C7H14O2/c1-4-5(8)6-7(2,3)9-6/h5-6,8H,4H2,1-3H3/t5-,6+/m0/s1. The highest BCUT2D eigenvalue weighted by atomic mass is 16.6. The SMILES string of the molecule is CC[C@H](O)[C@H]1OC1(C)C. The molecule has 1 rings (SSSR count). The van der Waals surface area contributed by atoms with Gasteiger partial charge in [0.05, 0.1) is 11.7 Å². The van der Waals surface area contributed by atoms with Crippen LogP contribution in [0.2, 0.25) is 0 Å². The van der Waals surface area contributed by atoms with Crippen LogP contribution in [0.3, 0.4) is 0 Å². The summed E-state index contributed by atoms with van der Waals surface area (Å²) in [6, 6.07) is 0. The van der Waals surface area contributed by atoms with Gasteiger partial charge in [-0.05, 0) is 20.3 Å². The van der Waals surface area contributed by atoms with Crippen molar-refractivity contribution in [2.24, 2.45) is 0 Å². The van der Waals surface area contributed by atoms with Crippen molar-refractivity contribution in [2.75, 3.05) is 0 Å². The summed E-state index contributed by atoms with van der Waals surface area (Å²) in [6.07, 6.45) is 0.608. The van der Waals surface area contributed by atoms with E-state index in [1.165, 1.54) is 0 Å². The lowest BCUT2D eigenvalue weighted by atomic mass is 10.0. The largest absolute Gasteiger partial charge is 0.390 e. The van der Waals surface area contributed by atoms with Gasteiger partial charge < -0.3 is 9.84 Å². The van der Waals surface area contributed by atoms with Crippen LogP contribution in [0.25, 0.3) is 0 Å². The van der Waals surface area contributed by atoms with E-state index < -0.39 is 0 Å². The third-order valence-electron chi connectivity index (χ3n) is 1.83. The van der Waals surface area contributed by atoms with Gasteiger partial charge in [0.25, 0.3) is 0 Å². The quantitative estimate of drug-likeness (QED) is 0.564. The second kappa shape index (κ2) is 1.96. The molecule has 1 saturated heterocycles. The Morgan fingerprint density at radius 1 is 1.67 bits per heavy atom. The topological polar surface area (TPSA) is 32.8 Å². The first kappa shape index (κ1) is 7.03. The highest BCUT2D eigenvalue weighted by molar-refractivity contribution is 4.98. The van der Waals surface area contributed by atoms with E-state index in [1.54, 1.807) is 0 Å². The summed E-state index contributed by atoms with van der Waals surface area (Å²) in [7, 11) is 0. The first-order chi connectivity index (χ1) is 4.08. The number of ether oxygens (including phenoxy) is 1. The minimum atomic E-state index is -0.264. The maximum Gasteiger partial charge on any atom is 0.113 e. The normalized spacial score (nSPS) is 34.0. The van der Waals surface area contributed by atoms with E-state index in [-0.39, 0.29) is 17.8 Å². The smallest absolute Gasteiger partial charge is 0.113 e. The van der Waals surface area contributed by atoms with Crippen LogP contribution in [-0.4, -0.2) is 22.9 Å². The molecule has 0 saturated carbocycles. The second-order valence-electron chi connectivity index (χ2n) is 3.12. The highest BCUT2D eigenvalue weighted by Gasteiger charge is 2.51. The van der Waals surface area contributed by atoms with Crippen LogP contribution in [0.5, 0.6) is 0 Å². The van der Waals surface area contributed by atoms with Gasteiger partial charge in [-0.15, -0.1) is 0 Å². The Kier molecular flexibility index (Phi) is 1.53. The van der Waals surface area contributed by atoms with Crippen molar-refractivity contribution in [3.8, 4) is 0 Å². The Morgan fingerprint density at radius 2 is 2.11 bits per heavy atom. The summed E-state index contributed by atoms with van der Waals surface area (Å²) < 4.78 is 5.21. The van der Waals surface area contributed by atoms with Gasteiger partial charge in [-0.25, -0.2) is 0 Å². The Balaban J connectivity index is 2.33. The summed E-state index contributed by atoms with van der Waals surface area (Å²) in [5, 5.41) is 9.21. The summed E-state index contributed by atoms with van der Waals surface area (Å²) in [6.45, 7) is 5.95. The van der Waals surface area contributed by atoms with E-state index in [0.717, 1.165) is 6.42 Å². The Labute approximate surface area is 55.8 Å². The molecule has 0 unspecified atom stereocenters. The third-order valence-corrected chi connectivity index (χ3v) is 1.83. The van der Waals surface area contributed by atoms with Crippen LogP contribution >= 0.6 is 0 Å². The molecular formula is C7H14O2. The molecule has 1 aliphatic heterocycles. The maximum atomic E-state index is 9.21. The molecule has 0 spiro atoms. The fourth-order valence-electron chi connectivity index (χ4n) is 1.05. The van der Waals surface area contributed by atoms with E-state index >= 15 is 0 Å². The van der Waals surface area contributed by atoms with Crippen molar-refractivity contribution in [2.45, 2.75) is 45.0 Å². The molecule has 1 aliphatic rings. The molecule has 2 atom stereocenters. The summed E-state index contributed by atoms with van der Waals surface area (Å²) in [5.41, 5.74) is -0.0601.